The Bertz CT molecular complexity index is 477. The van der Waals surface area contributed by atoms with Crippen molar-refractivity contribution in [2.45, 2.75) is 12.8 Å². The quantitative estimate of drug-likeness (QED) is 0.697. The topological polar surface area (TPSA) is 21.6 Å². The third-order valence-electron chi connectivity index (χ3n) is 2.57. The molecule has 0 spiro atoms. The molecule has 0 saturated heterocycles. The number of allylic oxidation sites excluding steroid dienone is 2. The molecule has 0 unspecified atom stereocenters. The second kappa shape index (κ2) is 4.31. The molecule has 2 rings (SSSR count). The summed E-state index contributed by atoms with van der Waals surface area (Å²) in [4.78, 5) is 3.88. The first kappa shape index (κ1) is 10.6. The van der Waals surface area contributed by atoms with Crippen molar-refractivity contribution in [2.24, 2.45) is 4.99 Å². The van der Waals surface area contributed by atoms with Crippen LogP contribution in [0.4, 0.5) is 4.39 Å². The number of aliphatic imine (C=N–C) groups is 1. The minimum atomic E-state index is -0.244. The van der Waals surface area contributed by atoms with Gasteiger partial charge in [0.05, 0.1) is 5.70 Å². The lowest BCUT2D eigenvalue weighted by atomic mass is 10.1. The maximum atomic E-state index is 13.5. The highest BCUT2D eigenvalue weighted by Gasteiger charge is 2.17. The summed E-state index contributed by atoms with van der Waals surface area (Å²) in [7, 11) is 0. The monoisotopic (exact) mass is 217 g/mol. The number of ether oxygens (including phenoxy) is 1. The van der Waals surface area contributed by atoms with E-state index in [9.17, 15) is 4.39 Å². The van der Waals surface area contributed by atoms with Crippen LogP contribution in [0.25, 0.3) is 0 Å². The second-order valence-corrected chi connectivity index (χ2v) is 3.49. The summed E-state index contributed by atoms with van der Waals surface area (Å²) in [6.45, 7) is 7.14. The first-order chi connectivity index (χ1) is 7.76. The van der Waals surface area contributed by atoms with Crippen molar-refractivity contribution < 1.29 is 9.13 Å². The Morgan fingerprint density at radius 3 is 2.88 bits per heavy atom. The smallest absolute Gasteiger partial charge is 0.148 e. The predicted molar refractivity (Wildman–Crippen MR) is 62.1 cm³/mol. The number of nitrogens with zero attached hydrogens (tertiary/aromatic N) is 1. The Kier molecular flexibility index (Phi) is 2.86. The molecule has 1 aromatic rings. The van der Waals surface area contributed by atoms with E-state index in [4.69, 9.17) is 4.74 Å². The van der Waals surface area contributed by atoms with E-state index in [-0.39, 0.29) is 5.82 Å². The Morgan fingerprint density at radius 2 is 2.19 bits per heavy atom. The second-order valence-electron chi connectivity index (χ2n) is 3.49. The van der Waals surface area contributed by atoms with E-state index in [2.05, 4.69) is 18.3 Å². The molecule has 1 heterocycles. The molecule has 0 N–H and O–H groups in total. The van der Waals surface area contributed by atoms with Gasteiger partial charge in [0, 0.05) is 5.56 Å². The van der Waals surface area contributed by atoms with E-state index in [1.165, 1.54) is 6.07 Å². The molecule has 3 heteroatoms. The van der Waals surface area contributed by atoms with Crippen LogP contribution >= 0.6 is 0 Å². The largest absolute Gasteiger partial charge is 0.455 e. The van der Waals surface area contributed by atoms with E-state index < -0.39 is 0 Å². The molecule has 1 aliphatic rings. The van der Waals surface area contributed by atoms with Crippen molar-refractivity contribution in [1.29, 1.82) is 0 Å². The number of rotatable bonds is 2. The zero-order valence-corrected chi connectivity index (χ0v) is 8.87. The van der Waals surface area contributed by atoms with Crippen LogP contribution in [0.2, 0.25) is 0 Å². The Balaban J connectivity index is 2.48. The fourth-order valence-electron chi connectivity index (χ4n) is 1.74. The molecular formula is C13H12FNO. The lowest BCUT2D eigenvalue weighted by molar-refractivity contribution is 0.433. The van der Waals surface area contributed by atoms with Gasteiger partial charge in [0.1, 0.15) is 17.3 Å². The van der Waals surface area contributed by atoms with Gasteiger partial charge in [-0.3, -0.25) is 4.99 Å². The van der Waals surface area contributed by atoms with Crippen LogP contribution in [-0.4, -0.2) is 6.72 Å². The number of hydrogen-bond acceptors (Lipinski definition) is 2. The molecule has 1 aromatic carbocycles. The third-order valence-corrected chi connectivity index (χ3v) is 2.57. The van der Waals surface area contributed by atoms with Gasteiger partial charge >= 0.3 is 0 Å². The zero-order valence-electron chi connectivity index (χ0n) is 8.87. The van der Waals surface area contributed by atoms with Gasteiger partial charge in [-0.15, -0.1) is 0 Å². The number of hydrogen-bond donors (Lipinski definition) is 0. The minimum Gasteiger partial charge on any atom is -0.455 e. The molecule has 0 amide bonds. The molecular weight excluding hydrogens is 205 g/mol. The third kappa shape index (κ3) is 1.76. The van der Waals surface area contributed by atoms with Crippen LogP contribution < -0.4 is 4.74 Å². The fourth-order valence-corrected chi connectivity index (χ4v) is 1.74. The summed E-state index contributed by atoms with van der Waals surface area (Å²) in [5.41, 5.74) is 1.30. The molecule has 16 heavy (non-hydrogen) atoms. The van der Waals surface area contributed by atoms with Crippen LogP contribution in [0.5, 0.6) is 5.75 Å². The van der Waals surface area contributed by atoms with Crippen molar-refractivity contribution in [2.75, 3.05) is 0 Å². The molecule has 0 aromatic heterocycles. The molecule has 0 bridgehead atoms. The Hall–Kier alpha value is -1.90. The first-order valence-electron chi connectivity index (χ1n) is 5.04. The number of halogens is 1. The Labute approximate surface area is 93.8 Å². The molecule has 0 atom stereocenters. The van der Waals surface area contributed by atoms with Crippen LogP contribution in [0.15, 0.2) is 47.3 Å². The maximum absolute atomic E-state index is 13.5. The van der Waals surface area contributed by atoms with Crippen molar-refractivity contribution in [3.8, 4) is 5.75 Å². The minimum absolute atomic E-state index is 0.244. The highest BCUT2D eigenvalue weighted by Crippen LogP contribution is 2.31. The van der Waals surface area contributed by atoms with E-state index in [0.29, 0.717) is 35.6 Å². The summed E-state index contributed by atoms with van der Waals surface area (Å²) < 4.78 is 19.1. The van der Waals surface area contributed by atoms with E-state index in [0.717, 1.165) is 0 Å². The Morgan fingerprint density at radius 1 is 1.38 bits per heavy atom. The first-order valence-corrected chi connectivity index (χ1v) is 5.04. The van der Waals surface area contributed by atoms with Crippen LogP contribution in [-0.2, 0) is 6.42 Å². The summed E-state index contributed by atoms with van der Waals surface area (Å²) in [6.07, 6.45) is 2.75. The van der Waals surface area contributed by atoms with Gasteiger partial charge in [-0.25, -0.2) is 4.39 Å². The fraction of sp³-hybridized carbons (Fsp3) is 0.154. The standard InChI is InChI=1S/C13H12FNO/c1-3-12-11(15-2)8-7-9-10(14)5-4-6-13(9)16-12/h3-6H,1-2,7-8H2. The van der Waals surface area contributed by atoms with Gasteiger partial charge in [0.15, 0.2) is 0 Å². The van der Waals surface area contributed by atoms with Crippen molar-refractivity contribution in [3.05, 3.63) is 53.7 Å². The lowest BCUT2D eigenvalue weighted by Crippen LogP contribution is -1.95. The molecule has 1 aliphatic heterocycles. The molecule has 0 saturated carbocycles. The predicted octanol–water partition coefficient (Wildman–Crippen LogP) is 3.25. The summed E-state index contributed by atoms with van der Waals surface area (Å²) in [5, 5.41) is 0. The van der Waals surface area contributed by atoms with E-state index in [1.54, 1.807) is 18.2 Å². The van der Waals surface area contributed by atoms with Crippen molar-refractivity contribution in [1.82, 2.24) is 0 Å². The van der Waals surface area contributed by atoms with Gasteiger partial charge in [0.2, 0.25) is 0 Å². The average Bonchev–Trinajstić information content (AvgIpc) is 2.48. The SMILES string of the molecule is C=CC1=C(N=C)CCc2c(F)cccc2O1. The van der Waals surface area contributed by atoms with Gasteiger partial charge in [0.25, 0.3) is 0 Å². The summed E-state index contributed by atoms with van der Waals surface area (Å²) in [6, 6.07) is 4.80. The number of fused-ring (bicyclic) bond motifs is 1. The van der Waals surface area contributed by atoms with Crippen molar-refractivity contribution in [3.63, 3.8) is 0 Å². The zero-order chi connectivity index (χ0) is 11.5. The van der Waals surface area contributed by atoms with Crippen LogP contribution in [0, 0.1) is 5.82 Å². The molecule has 0 radical (unpaired) electrons. The normalized spacial score (nSPS) is 14.8. The molecule has 82 valence electrons. The molecule has 0 aliphatic carbocycles. The van der Waals surface area contributed by atoms with Gasteiger partial charge < -0.3 is 4.74 Å². The van der Waals surface area contributed by atoms with Crippen LogP contribution in [0.1, 0.15) is 12.0 Å². The van der Waals surface area contributed by atoms with E-state index >= 15 is 0 Å². The van der Waals surface area contributed by atoms with E-state index in [1.807, 2.05) is 0 Å². The molecule has 0 fully saturated rings. The lowest BCUT2D eigenvalue weighted by Gasteiger charge is -2.08. The average molecular weight is 217 g/mol. The van der Waals surface area contributed by atoms with Crippen molar-refractivity contribution >= 4 is 6.72 Å². The van der Waals surface area contributed by atoms with Gasteiger partial charge in [-0.1, -0.05) is 12.6 Å². The van der Waals surface area contributed by atoms with Gasteiger partial charge in [-0.2, -0.15) is 0 Å². The van der Waals surface area contributed by atoms with Gasteiger partial charge in [-0.05, 0) is 37.8 Å². The number of benzene rings is 1. The summed E-state index contributed by atoms with van der Waals surface area (Å²) >= 11 is 0. The van der Waals surface area contributed by atoms with Crippen LogP contribution in [0.3, 0.4) is 0 Å². The highest BCUT2D eigenvalue weighted by atomic mass is 19.1. The highest BCUT2D eigenvalue weighted by molar-refractivity contribution is 5.41. The summed E-state index contributed by atoms with van der Waals surface area (Å²) in [5.74, 6) is 0.846. The molecule has 2 nitrogen and oxygen atoms in total. The maximum Gasteiger partial charge on any atom is 0.148 e.